The molecule has 0 saturated carbocycles. The molecule has 0 aliphatic rings. The van der Waals surface area contributed by atoms with Crippen LogP contribution in [-0.2, 0) is 11.8 Å². The highest BCUT2D eigenvalue weighted by Gasteiger charge is 2.20. The summed E-state index contributed by atoms with van der Waals surface area (Å²) in [4.78, 5) is 12.4. The summed E-state index contributed by atoms with van der Waals surface area (Å²) >= 11 is 3.51. The van der Waals surface area contributed by atoms with Gasteiger partial charge in [0.25, 0.3) is 0 Å². The summed E-state index contributed by atoms with van der Waals surface area (Å²) < 4.78 is 9.62. The van der Waals surface area contributed by atoms with Crippen molar-refractivity contribution < 1.29 is 9.53 Å². The monoisotopic (exact) mass is 375 g/mol. The van der Waals surface area contributed by atoms with Gasteiger partial charge in [0.1, 0.15) is 5.60 Å². The number of halogens is 1. The van der Waals surface area contributed by atoms with Crippen molar-refractivity contribution in [1.29, 1.82) is 0 Å². The number of hydrogen-bond acceptors (Lipinski definition) is 3. The first-order valence-electron chi connectivity index (χ1n) is 7.27. The summed E-state index contributed by atoms with van der Waals surface area (Å²) in [5.41, 5.74) is 2.26. The van der Waals surface area contributed by atoms with Crippen LogP contribution in [0, 0.1) is 0 Å². The van der Waals surface area contributed by atoms with Crippen LogP contribution in [0.1, 0.15) is 20.8 Å². The van der Waals surface area contributed by atoms with E-state index < -0.39 is 11.7 Å². The van der Waals surface area contributed by atoms with Crippen molar-refractivity contribution in [2.24, 2.45) is 7.05 Å². The Bertz CT molecular complexity index is 887. The van der Waals surface area contributed by atoms with Gasteiger partial charge in [-0.1, -0.05) is 12.1 Å². The maximum absolute atomic E-state index is 12.4. The molecule has 2 aromatic heterocycles. The van der Waals surface area contributed by atoms with Crippen LogP contribution in [0.15, 0.2) is 41.3 Å². The molecule has 0 bridgehead atoms. The Morgan fingerprint density at radius 3 is 2.57 bits per heavy atom. The van der Waals surface area contributed by atoms with Crippen LogP contribution >= 0.6 is 15.9 Å². The van der Waals surface area contributed by atoms with Crippen molar-refractivity contribution in [1.82, 2.24) is 14.3 Å². The average molecular weight is 376 g/mol. The topological polar surface area (TPSA) is 49.0 Å². The first-order valence-corrected chi connectivity index (χ1v) is 8.07. The summed E-state index contributed by atoms with van der Waals surface area (Å²) in [6.07, 6.45) is 5.09. The van der Waals surface area contributed by atoms with E-state index in [-0.39, 0.29) is 0 Å². The van der Waals surface area contributed by atoms with Gasteiger partial charge >= 0.3 is 6.09 Å². The Balaban J connectivity index is 2.10. The fourth-order valence-corrected chi connectivity index (χ4v) is 2.94. The highest BCUT2D eigenvalue weighted by Crippen LogP contribution is 2.31. The zero-order valence-electron chi connectivity index (χ0n) is 13.5. The predicted octanol–water partition coefficient (Wildman–Crippen LogP) is 4.59. The molecule has 0 N–H and O–H groups in total. The Kier molecular flexibility index (Phi) is 3.80. The van der Waals surface area contributed by atoms with Crippen LogP contribution in [0.5, 0.6) is 0 Å². The lowest BCUT2D eigenvalue weighted by Gasteiger charge is -2.19. The third-order valence-corrected chi connectivity index (χ3v) is 4.02. The quantitative estimate of drug-likeness (QED) is 0.624. The first kappa shape index (κ1) is 15.8. The van der Waals surface area contributed by atoms with E-state index in [2.05, 4.69) is 21.0 Å². The van der Waals surface area contributed by atoms with Crippen molar-refractivity contribution in [2.75, 3.05) is 0 Å². The minimum absolute atomic E-state index is 0.392. The molecule has 0 amide bonds. The zero-order valence-corrected chi connectivity index (χ0v) is 15.1. The number of ether oxygens (including phenoxy) is 1. The fraction of sp³-hybridized carbons (Fsp3) is 0.294. The van der Waals surface area contributed by atoms with Crippen LogP contribution in [-0.4, -0.2) is 26.0 Å². The number of aryl methyl sites for hydroxylation is 1. The van der Waals surface area contributed by atoms with Gasteiger partial charge in [0.2, 0.25) is 0 Å². The summed E-state index contributed by atoms with van der Waals surface area (Å²) in [6, 6.07) is 5.98. The molecule has 0 fully saturated rings. The molecule has 3 rings (SSSR count). The number of carbonyl (C=O) groups excluding carboxylic acids is 1. The van der Waals surface area contributed by atoms with E-state index in [1.165, 1.54) is 4.57 Å². The summed E-state index contributed by atoms with van der Waals surface area (Å²) in [6.45, 7) is 5.56. The minimum Gasteiger partial charge on any atom is -0.443 e. The van der Waals surface area contributed by atoms with Gasteiger partial charge < -0.3 is 4.74 Å². The van der Waals surface area contributed by atoms with Gasteiger partial charge in [0.15, 0.2) is 0 Å². The molecular weight excluding hydrogens is 358 g/mol. The lowest BCUT2D eigenvalue weighted by Crippen LogP contribution is -2.26. The maximum atomic E-state index is 12.4. The van der Waals surface area contributed by atoms with Crippen molar-refractivity contribution in [3.8, 4) is 11.1 Å². The molecule has 0 aliphatic heterocycles. The van der Waals surface area contributed by atoms with Crippen molar-refractivity contribution in [3.05, 3.63) is 41.3 Å². The minimum atomic E-state index is -0.541. The second kappa shape index (κ2) is 5.53. The van der Waals surface area contributed by atoms with Gasteiger partial charge in [-0.3, -0.25) is 9.25 Å². The fourth-order valence-electron chi connectivity index (χ4n) is 2.40. The summed E-state index contributed by atoms with van der Waals surface area (Å²) in [5.74, 6) is 0. The van der Waals surface area contributed by atoms with E-state index in [0.29, 0.717) is 0 Å². The zero-order chi connectivity index (χ0) is 16.8. The lowest BCUT2D eigenvalue weighted by molar-refractivity contribution is 0.0544. The molecule has 0 saturated heterocycles. The third kappa shape index (κ3) is 3.17. The smallest absolute Gasteiger partial charge is 0.419 e. The average Bonchev–Trinajstić information content (AvgIpc) is 3.01. The number of fused-ring (bicyclic) bond motifs is 1. The second-order valence-corrected chi connectivity index (χ2v) is 7.32. The van der Waals surface area contributed by atoms with E-state index in [9.17, 15) is 4.79 Å². The number of aromatic nitrogens is 3. The van der Waals surface area contributed by atoms with Crippen LogP contribution in [0.2, 0.25) is 0 Å². The molecule has 2 heterocycles. The van der Waals surface area contributed by atoms with Crippen LogP contribution < -0.4 is 0 Å². The summed E-state index contributed by atoms with van der Waals surface area (Å²) in [7, 11) is 1.88. The van der Waals surface area contributed by atoms with Crippen molar-refractivity contribution in [3.63, 3.8) is 0 Å². The highest BCUT2D eigenvalue weighted by molar-refractivity contribution is 9.10. The molecule has 0 aliphatic carbocycles. The Morgan fingerprint density at radius 1 is 1.22 bits per heavy atom. The van der Waals surface area contributed by atoms with Gasteiger partial charge in [-0.15, -0.1) is 0 Å². The van der Waals surface area contributed by atoms with Gasteiger partial charge in [0, 0.05) is 34.9 Å². The Hall–Kier alpha value is -2.08. The third-order valence-electron chi connectivity index (χ3n) is 3.39. The van der Waals surface area contributed by atoms with Gasteiger partial charge in [-0.05, 0) is 48.3 Å². The molecule has 0 atom stereocenters. The number of hydrogen-bond donors (Lipinski definition) is 0. The van der Waals surface area contributed by atoms with E-state index in [1.807, 2.05) is 52.2 Å². The molecule has 1 aromatic carbocycles. The molecule has 23 heavy (non-hydrogen) atoms. The number of rotatable bonds is 1. The molecule has 0 radical (unpaired) electrons. The van der Waals surface area contributed by atoms with Crippen molar-refractivity contribution in [2.45, 2.75) is 26.4 Å². The molecule has 120 valence electrons. The number of benzene rings is 1. The van der Waals surface area contributed by atoms with Gasteiger partial charge in [-0.25, -0.2) is 4.79 Å². The van der Waals surface area contributed by atoms with Crippen LogP contribution in [0.4, 0.5) is 4.79 Å². The van der Waals surface area contributed by atoms with E-state index in [0.717, 1.165) is 26.5 Å². The first-order chi connectivity index (χ1) is 10.7. The van der Waals surface area contributed by atoms with Crippen LogP contribution in [0.3, 0.4) is 0 Å². The summed E-state index contributed by atoms with van der Waals surface area (Å²) in [5, 5.41) is 5.15. The van der Waals surface area contributed by atoms with E-state index in [1.54, 1.807) is 17.1 Å². The SMILES string of the molecule is Cn1cc(-c2ccc3c(Br)cn(C(=O)OC(C)(C)C)c3c2)cn1. The lowest BCUT2D eigenvalue weighted by atomic mass is 10.1. The molecule has 0 spiro atoms. The van der Waals surface area contributed by atoms with Gasteiger partial charge in [-0.2, -0.15) is 5.10 Å². The second-order valence-electron chi connectivity index (χ2n) is 6.46. The number of nitrogens with zero attached hydrogens (tertiary/aromatic N) is 3. The molecule has 5 nitrogen and oxygen atoms in total. The molecule has 6 heteroatoms. The van der Waals surface area contributed by atoms with Crippen LogP contribution in [0.25, 0.3) is 22.0 Å². The highest BCUT2D eigenvalue weighted by atomic mass is 79.9. The maximum Gasteiger partial charge on any atom is 0.419 e. The predicted molar refractivity (Wildman–Crippen MR) is 93.5 cm³/mol. The Labute approximate surface area is 143 Å². The molecule has 3 aromatic rings. The van der Waals surface area contributed by atoms with Gasteiger partial charge in [0.05, 0.1) is 11.7 Å². The number of carbonyl (C=O) groups is 1. The van der Waals surface area contributed by atoms with E-state index in [4.69, 9.17) is 4.74 Å². The molecule has 0 unspecified atom stereocenters. The largest absolute Gasteiger partial charge is 0.443 e. The standard InChI is InChI=1S/C17H18BrN3O2/c1-17(2,3)23-16(22)21-10-14(18)13-6-5-11(7-15(13)21)12-8-19-20(4)9-12/h5-10H,1-4H3. The Morgan fingerprint density at radius 2 is 1.96 bits per heavy atom. The normalized spacial score (nSPS) is 11.9. The molecular formula is C17H18BrN3O2. The van der Waals surface area contributed by atoms with Crippen molar-refractivity contribution >= 4 is 32.9 Å². The van der Waals surface area contributed by atoms with E-state index >= 15 is 0 Å².